The molecule has 1 heterocycles. The Morgan fingerprint density at radius 3 is 2.43 bits per heavy atom. The Labute approximate surface area is 143 Å². The second kappa shape index (κ2) is 8.96. The monoisotopic (exact) mass is 334 g/mol. The summed E-state index contributed by atoms with van der Waals surface area (Å²) >= 11 is 1.86. The fraction of sp³-hybridized carbons (Fsp3) is 0.556. The van der Waals surface area contributed by atoms with Gasteiger partial charge in [-0.2, -0.15) is 11.8 Å². The van der Waals surface area contributed by atoms with E-state index in [0.717, 1.165) is 37.4 Å². The van der Waals surface area contributed by atoms with Crippen LogP contribution in [0.3, 0.4) is 0 Å². The fourth-order valence-corrected chi connectivity index (χ4v) is 3.33. The molecule has 0 aromatic heterocycles. The zero-order chi connectivity index (χ0) is 16.7. The largest absolute Gasteiger partial charge is 0.341 e. The van der Waals surface area contributed by atoms with E-state index in [9.17, 15) is 9.59 Å². The number of carbonyl (C=O) groups is 2. The van der Waals surface area contributed by atoms with Crippen LogP contribution in [0.25, 0.3) is 0 Å². The van der Waals surface area contributed by atoms with Crippen LogP contribution in [0.1, 0.15) is 49.0 Å². The minimum absolute atomic E-state index is 0.0222. The lowest BCUT2D eigenvalue weighted by Crippen LogP contribution is -2.48. The van der Waals surface area contributed by atoms with Gasteiger partial charge in [-0.25, -0.2) is 0 Å². The van der Waals surface area contributed by atoms with Gasteiger partial charge in [0.15, 0.2) is 0 Å². The van der Waals surface area contributed by atoms with E-state index in [1.165, 1.54) is 12.0 Å². The number of benzene rings is 1. The molecule has 1 aromatic rings. The average Bonchev–Trinajstić information content (AvgIpc) is 2.60. The average molecular weight is 334 g/mol. The predicted octanol–water partition coefficient (Wildman–Crippen LogP) is 3.07. The van der Waals surface area contributed by atoms with Crippen molar-refractivity contribution in [2.24, 2.45) is 0 Å². The number of nitrogens with one attached hydrogen (secondary N) is 1. The fourth-order valence-electron chi connectivity index (χ4n) is 2.70. The molecule has 2 amide bonds. The first kappa shape index (κ1) is 17.9. The molecule has 1 atom stereocenters. The number of nitrogens with zero attached hydrogens (tertiary/aromatic N) is 1. The number of hydrogen-bond acceptors (Lipinski definition) is 3. The molecule has 23 heavy (non-hydrogen) atoms. The minimum atomic E-state index is -0.476. The second-order valence-electron chi connectivity index (χ2n) is 5.92. The van der Waals surface area contributed by atoms with Gasteiger partial charge < -0.3 is 10.2 Å². The first-order valence-electron chi connectivity index (χ1n) is 8.38. The maximum atomic E-state index is 12.3. The van der Waals surface area contributed by atoms with E-state index in [0.29, 0.717) is 5.56 Å². The Morgan fingerprint density at radius 1 is 1.17 bits per heavy atom. The van der Waals surface area contributed by atoms with Crippen molar-refractivity contribution < 1.29 is 9.59 Å². The van der Waals surface area contributed by atoms with Gasteiger partial charge in [-0.15, -0.1) is 0 Å². The molecule has 4 nitrogen and oxygen atoms in total. The lowest BCUT2D eigenvalue weighted by molar-refractivity contribution is -0.133. The van der Waals surface area contributed by atoms with Crippen molar-refractivity contribution in [3.63, 3.8) is 0 Å². The van der Waals surface area contributed by atoms with Crippen molar-refractivity contribution in [2.75, 3.05) is 18.8 Å². The summed E-state index contributed by atoms with van der Waals surface area (Å²) in [6.45, 7) is 5.51. The Bertz CT molecular complexity index is 524. The van der Waals surface area contributed by atoms with Crippen LogP contribution in [-0.2, 0) is 10.5 Å². The third-order valence-electron chi connectivity index (χ3n) is 4.07. The first-order valence-corrected chi connectivity index (χ1v) is 9.53. The molecule has 0 saturated carbocycles. The van der Waals surface area contributed by atoms with Crippen molar-refractivity contribution >= 4 is 23.6 Å². The summed E-state index contributed by atoms with van der Waals surface area (Å²) in [6, 6.07) is 7.15. The van der Waals surface area contributed by atoms with Gasteiger partial charge in [0.1, 0.15) is 6.04 Å². The Morgan fingerprint density at radius 2 is 1.83 bits per heavy atom. The molecule has 0 spiro atoms. The number of rotatable bonds is 6. The Balaban J connectivity index is 1.88. The normalized spacial score (nSPS) is 16.0. The van der Waals surface area contributed by atoms with E-state index >= 15 is 0 Å². The highest BCUT2D eigenvalue weighted by atomic mass is 32.2. The summed E-state index contributed by atoms with van der Waals surface area (Å²) in [5.41, 5.74) is 1.82. The van der Waals surface area contributed by atoms with Crippen LogP contribution >= 0.6 is 11.8 Å². The summed E-state index contributed by atoms with van der Waals surface area (Å²) in [7, 11) is 0. The summed E-state index contributed by atoms with van der Waals surface area (Å²) in [5.74, 6) is 1.88. The maximum absolute atomic E-state index is 12.3. The number of amides is 2. The highest BCUT2D eigenvalue weighted by molar-refractivity contribution is 7.98. The van der Waals surface area contributed by atoms with Crippen LogP contribution in [0.2, 0.25) is 0 Å². The van der Waals surface area contributed by atoms with Gasteiger partial charge in [-0.3, -0.25) is 9.59 Å². The van der Waals surface area contributed by atoms with Crippen molar-refractivity contribution in [3.05, 3.63) is 35.4 Å². The molecule has 126 valence electrons. The standard InChI is InChI=1S/C18H26N2O2S/c1-3-23-13-15-7-9-16(10-8-15)17(21)19-14(2)18(22)20-11-5-4-6-12-20/h7-10,14H,3-6,11-13H2,1-2H3,(H,19,21). The van der Waals surface area contributed by atoms with E-state index in [-0.39, 0.29) is 11.8 Å². The van der Waals surface area contributed by atoms with Crippen LogP contribution in [-0.4, -0.2) is 41.6 Å². The van der Waals surface area contributed by atoms with Gasteiger partial charge in [0.2, 0.25) is 5.91 Å². The molecule has 1 aliphatic rings. The molecular weight excluding hydrogens is 308 g/mol. The molecule has 0 aliphatic carbocycles. The maximum Gasteiger partial charge on any atom is 0.251 e. The molecule has 5 heteroatoms. The minimum Gasteiger partial charge on any atom is -0.341 e. The highest BCUT2D eigenvalue weighted by Gasteiger charge is 2.23. The molecule has 1 aliphatic heterocycles. The van der Waals surface area contributed by atoms with Gasteiger partial charge in [-0.05, 0) is 49.6 Å². The Hall–Kier alpha value is -1.49. The van der Waals surface area contributed by atoms with E-state index in [1.807, 2.05) is 40.9 Å². The summed E-state index contributed by atoms with van der Waals surface area (Å²) in [4.78, 5) is 26.5. The zero-order valence-electron chi connectivity index (χ0n) is 14.0. The number of carbonyl (C=O) groups excluding carboxylic acids is 2. The van der Waals surface area contributed by atoms with Crippen molar-refractivity contribution in [1.82, 2.24) is 10.2 Å². The topological polar surface area (TPSA) is 49.4 Å². The zero-order valence-corrected chi connectivity index (χ0v) is 14.8. The van der Waals surface area contributed by atoms with E-state index in [4.69, 9.17) is 0 Å². The van der Waals surface area contributed by atoms with Crippen molar-refractivity contribution in [3.8, 4) is 0 Å². The molecule has 1 aromatic carbocycles. The molecule has 0 bridgehead atoms. The van der Waals surface area contributed by atoms with Gasteiger partial charge in [0.25, 0.3) is 5.91 Å². The van der Waals surface area contributed by atoms with Gasteiger partial charge >= 0.3 is 0 Å². The summed E-state index contributed by atoms with van der Waals surface area (Å²) < 4.78 is 0. The van der Waals surface area contributed by atoms with Crippen molar-refractivity contribution in [2.45, 2.75) is 44.9 Å². The highest BCUT2D eigenvalue weighted by Crippen LogP contribution is 2.13. The lowest BCUT2D eigenvalue weighted by Gasteiger charge is -2.29. The van der Waals surface area contributed by atoms with E-state index in [2.05, 4.69) is 12.2 Å². The summed E-state index contributed by atoms with van der Waals surface area (Å²) in [6.07, 6.45) is 3.31. The smallest absolute Gasteiger partial charge is 0.251 e. The van der Waals surface area contributed by atoms with Crippen molar-refractivity contribution in [1.29, 1.82) is 0 Å². The van der Waals surface area contributed by atoms with E-state index < -0.39 is 6.04 Å². The molecule has 2 rings (SSSR count). The molecular formula is C18H26N2O2S. The number of piperidine rings is 1. The lowest BCUT2D eigenvalue weighted by atomic mass is 10.1. The van der Waals surface area contributed by atoms with Crippen LogP contribution in [0, 0.1) is 0 Å². The third kappa shape index (κ3) is 5.27. The molecule has 1 unspecified atom stereocenters. The predicted molar refractivity (Wildman–Crippen MR) is 95.6 cm³/mol. The molecule has 1 fully saturated rings. The quantitative estimate of drug-likeness (QED) is 0.870. The van der Waals surface area contributed by atoms with Crippen LogP contribution < -0.4 is 5.32 Å². The van der Waals surface area contributed by atoms with Crippen LogP contribution in [0.15, 0.2) is 24.3 Å². The van der Waals surface area contributed by atoms with Crippen LogP contribution in [0.5, 0.6) is 0 Å². The third-order valence-corrected chi connectivity index (χ3v) is 5.02. The number of likely N-dealkylation sites (tertiary alicyclic amines) is 1. The SMILES string of the molecule is CCSCc1ccc(C(=O)NC(C)C(=O)N2CCCCC2)cc1. The number of hydrogen-bond donors (Lipinski definition) is 1. The summed E-state index contributed by atoms with van der Waals surface area (Å²) in [5, 5.41) is 2.82. The first-order chi connectivity index (χ1) is 11.1. The van der Waals surface area contributed by atoms with E-state index in [1.54, 1.807) is 6.92 Å². The van der Waals surface area contributed by atoms with Crippen LogP contribution in [0.4, 0.5) is 0 Å². The molecule has 1 N–H and O–H groups in total. The molecule has 1 saturated heterocycles. The van der Waals surface area contributed by atoms with Gasteiger partial charge in [-0.1, -0.05) is 19.1 Å². The Kier molecular flexibility index (Phi) is 6.96. The second-order valence-corrected chi connectivity index (χ2v) is 7.19. The number of thioether (sulfide) groups is 1. The van der Waals surface area contributed by atoms with Gasteiger partial charge in [0, 0.05) is 24.4 Å². The molecule has 0 radical (unpaired) electrons. The van der Waals surface area contributed by atoms with Gasteiger partial charge in [0.05, 0.1) is 0 Å².